The summed E-state index contributed by atoms with van der Waals surface area (Å²) in [5.41, 5.74) is -0.462. The van der Waals surface area contributed by atoms with Gasteiger partial charge >= 0.3 is 6.09 Å². The quantitative estimate of drug-likeness (QED) is 0.366. The van der Waals surface area contributed by atoms with Gasteiger partial charge in [0, 0.05) is 17.4 Å². The Morgan fingerprint density at radius 3 is 2.87 bits per heavy atom. The van der Waals surface area contributed by atoms with Crippen molar-refractivity contribution in [1.82, 2.24) is 15.0 Å². The van der Waals surface area contributed by atoms with Gasteiger partial charge in [0.05, 0.1) is 6.54 Å². The molecular formula is C19H20ClF2N3O4S. The smallest absolute Gasteiger partial charge is 0.434 e. The first-order valence-corrected chi connectivity index (χ1v) is 10.4. The second-order valence-corrected chi connectivity index (χ2v) is 8.72. The van der Waals surface area contributed by atoms with Crippen molar-refractivity contribution < 1.29 is 27.9 Å². The lowest BCUT2D eigenvalue weighted by Crippen LogP contribution is -2.35. The van der Waals surface area contributed by atoms with Gasteiger partial charge in [-0.1, -0.05) is 35.5 Å². The number of hydroxylamine groups is 2. The number of aromatic nitrogens is 2. The molecule has 1 aromatic heterocycles. The standard InChI is InChI=1S/C19H20ClF2N3O4S/c1-19(2,3)29-18(26)25-8-12(9-27-25)28-15-7-14(20)23-17(24-15)30-10-11-5-4-6-13(21)16(11)22/h4-7,12H,8-10H2,1-3H3. The van der Waals surface area contributed by atoms with E-state index in [1.165, 1.54) is 18.2 Å². The van der Waals surface area contributed by atoms with Crippen LogP contribution < -0.4 is 4.74 Å². The summed E-state index contributed by atoms with van der Waals surface area (Å²) >= 11 is 7.12. The first-order valence-electron chi connectivity index (χ1n) is 9.01. The summed E-state index contributed by atoms with van der Waals surface area (Å²) in [5, 5.41) is 1.45. The lowest BCUT2D eigenvalue weighted by Gasteiger charge is -2.23. The normalized spacial score (nSPS) is 16.6. The fourth-order valence-corrected chi connectivity index (χ4v) is 3.50. The van der Waals surface area contributed by atoms with Crippen LogP contribution in [-0.4, -0.2) is 46.0 Å². The molecule has 1 aliphatic heterocycles. The molecular weight excluding hydrogens is 440 g/mol. The molecule has 0 radical (unpaired) electrons. The monoisotopic (exact) mass is 459 g/mol. The van der Waals surface area contributed by atoms with Crippen LogP contribution in [0.15, 0.2) is 29.4 Å². The number of hydrogen-bond acceptors (Lipinski definition) is 7. The summed E-state index contributed by atoms with van der Waals surface area (Å²) in [6, 6.07) is 5.38. The molecule has 11 heteroatoms. The van der Waals surface area contributed by atoms with Crippen molar-refractivity contribution in [2.24, 2.45) is 0 Å². The number of carbonyl (C=O) groups is 1. The van der Waals surface area contributed by atoms with Crippen molar-refractivity contribution in [3.8, 4) is 5.88 Å². The number of halogens is 3. The van der Waals surface area contributed by atoms with E-state index in [-0.39, 0.29) is 40.7 Å². The van der Waals surface area contributed by atoms with Crippen LogP contribution in [0.1, 0.15) is 26.3 Å². The molecule has 30 heavy (non-hydrogen) atoms. The van der Waals surface area contributed by atoms with Crippen molar-refractivity contribution >= 4 is 29.5 Å². The largest absolute Gasteiger partial charge is 0.470 e. The lowest BCUT2D eigenvalue weighted by atomic mass is 10.2. The molecule has 1 aliphatic rings. The molecule has 1 saturated heterocycles. The molecule has 1 amide bonds. The van der Waals surface area contributed by atoms with E-state index in [2.05, 4.69) is 9.97 Å². The third kappa shape index (κ3) is 6.16. The van der Waals surface area contributed by atoms with Crippen molar-refractivity contribution in [3.63, 3.8) is 0 Å². The van der Waals surface area contributed by atoms with Crippen LogP contribution in [-0.2, 0) is 15.3 Å². The van der Waals surface area contributed by atoms with Crippen LogP contribution >= 0.6 is 23.4 Å². The van der Waals surface area contributed by atoms with Gasteiger partial charge in [-0.05, 0) is 26.8 Å². The van der Waals surface area contributed by atoms with Crippen LogP contribution in [0.3, 0.4) is 0 Å². The summed E-state index contributed by atoms with van der Waals surface area (Å²) < 4.78 is 38.1. The van der Waals surface area contributed by atoms with Gasteiger partial charge in [-0.3, -0.25) is 4.84 Å². The average molecular weight is 460 g/mol. The zero-order chi connectivity index (χ0) is 21.9. The van der Waals surface area contributed by atoms with Gasteiger partial charge in [-0.15, -0.1) is 0 Å². The van der Waals surface area contributed by atoms with E-state index < -0.39 is 29.4 Å². The van der Waals surface area contributed by atoms with E-state index in [1.807, 2.05) is 0 Å². The maximum Gasteiger partial charge on any atom is 0.434 e. The summed E-state index contributed by atoms with van der Waals surface area (Å²) in [5.74, 6) is -1.53. The molecule has 1 atom stereocenters. The second-order valence-electron chi connectivity index (χ2n) is 7.39. The molecule has 0 spiro atoms. The van der Waals surface area contributed by atoms with E-state index in [9.17, 15) is 13.6 Å². The fourth-order valence-electron chi connectivity index (χ4n) is 2.45. The summed E-state index contributed by atoms with van der Waals surface area (Å²) in [4.78, 5) is 25.7. The zero-order valence-electron chi connectivity index (χ0n) is 16.5. The summed E-state index contributed by atoms with van der Waals surface area (Å²) in [7, 11) is 0. The number of rotatable bonds is 5. The highest BCUT2D eigenvalue weighted by atomic mass is 35.5. The van der Waals surface area contributed by atoms with Gasteiger partial charge < -0.3 is 9.47 Å². The highest BCUT2D eigenvalue weighted by Gasteiger charge is 2.32. The van der Waals surface area contributed by atoms with Crippen LogP contribution in [0.4, 0.5) is 13.6 Å². The Labute approximate surface area is 181 Å². The fraction of sp³-hybridized carbons (Fsp3) is 0.421. The van der Waals surface area contributed by atoms with E-state index >= 15 is 0 Å². The number of ether oxygens (including phenoxy) is 2. The van der Waals surface area contributed by atoms with Crippen molar-refractivity contribution in [1.29, 1.82) is 0 Å². The Morgan fingerprint density at radius 2 is 2.13 bits per heavy atom. The molecule has 3 rings (SSSR count). The zero-order valence-corrected chi connectivity index (χ0v) is 18.1. The number of carbonyl (C=O) groups excluding carboxylic acids is 1. The summed E-state index contributed by atoms with van der Waals surface area (Å²) in [6.07, 6.45) is -1.09. The van der Waals surface area contributed by atoms with Crippen molar-refractivity contribution in [3.05, 3.63) is 46.6 Å². The molecule has 0 bridgehead atoms. The molecule has 0 N–H and O–H groups in total. The highest BCUT2D eigenvalue weighted by molar-refractivity contribution is 7.98. The van der Waals surface area contributed by atoms with E-state index in [0.717, 1.165) is 22.9 Å². The number of thioether (sulfide) groups is 1. The Kier molecular flexibility index (Phi) is 6.99. The van der Waals surface area contributed by atoms with Gasteiger partial charge in [0.1, 0.15) is 23.5 Å². The molecule has 2 heterocycles. The van der Waals surface area contributed by atoms with Crippen LogP contribution in [0.25, 0.3) is 0 Å². The molecule has 1 fully saturated rings. The summed E-state index contributed by atoms with van der Waals surface area (Å²) in [6.45, 7) is 5.54. The number of amides is 1. The molecule has 2 aromatic rings. The van der Waals surface area contributed by atoms with Gasteiger partial charge in [0.2, 0.25) is 5.88 Å². The Balaban J connectivity index is 1.60. The number of benzene rings is 1. The topological polar surface area (TPSA) is 73.8 Å². The molecule has 7 nitrogen and oxygen atoms in total. The van der Waals surface area contributed by atoms with Gasteiger partial charge in [0.25, 0.3) is 0 Å². The highest BCUT2D eigenvalue weighted by Crippen LogP contribution is 2.26. The lowest BCUT2D eigenvalue weighted by molar-refractivity contribution is -0.107. The predicted molar refractivity (Wildman–Crippen MR) is 106 cm³/mol. The van der Waals surface area contributed by atoms with Crippen molar-refractivity contribution in [2.75, 3.05) is 13.2 Å². The number of hydrogen-bond donors (Lipinski definition) is 0. The minimum atomic E-state index is -0.917. The second kappa shape index (κ2) is 9.32. The molecule has 1 unspecified atom stereocenters. The van der Waals surface area contributed by atoms with E-state index in [0.29, 0.717) is 0 Å². The van der Waals surface area contributed by atoms with E-state index in [1.54, 1.807) is 20.8 Å². The molecule has 1 aromatic carbocycles. The Hall–Kier alpha value is -2.17. The van der Waals surface area contributed by atoms with Gasteiger partial charge in [-0.2, -0.15) is 10.0 Å². The maximum absolute atomic E-state index is 13.8. The van der Waals surface area contributed by atoms with Gasteiger partial charge in [0.15, 0.2) is 16.8 Å². The third-order valence-electron chi connectivity index (χ3n) is 3.71. The Bertz CT molecular complexity index is 929. The minimum absolute atomic E-state index is 0.113. The first kappa shape index (κ1) is 22.5. The first-order chi connectivity index (χ1) is 14.1. The predicted octanol–water partition coefficient (Wildman–Crippen LogP) is 4.63. The maximum atomic E-state index is 13.8. The SMILES string of the molecule is CC(C)(C)OC(=O)N1CC(Oc2cc(Cl)nc(SCc3cccc(F)c3F)n2)CO1. The molecule has 0 saturated carbocycles. The molecule has 0 aliphatic carbocycles. The third-order valence-corrected chi connectivity index (χ3v) is 4.80. The molecule has 162 valence electrons. The van der Waals surface area contributed by atoms with Gasteiger partial charge in [-0.25, -0.2) is 18.6 Å². The van der Waals surface area contributed by atoms with E-state index in [4.69, 9.17) is 25.9 Å². The van der Waals surface area contributed by atoms with Crippen LogP contribution in [0, 0.1) is 11.6 Å². The number of nitrogens with zero attached hydrogens (tertiary/aromatic N) is 3. The van der Waals surface area contributed by atoms with Crippen LogP contribution in [0.5, 0.6) is 5.88 Å². The minimum Gasteiger partial charge on any atom is -0.470 e. The van der Waals surface area contributed by atoms with Crippen LogP contribution in [0.2, 0.25) is 5.15 Å². The average Bonchev–Trinajstić information content (AvgIpc) is 3.10. The van der Waals surface area contributed by atoms with Crippen molar-refractivity contribution in [2.45, 2.75) is 43.4 Å². The Morgan fingerprint density at radius 1 is 1.37 bits per heavy atom.